The van der Waals surface area contributed by atoms with Crippen molar-refractivity contribution in [2.24, 2.45) is 0 Å². The lowest BCUT2D eigenvalue weighted by atomic mass is 10.2. The third kappa shape index (κ3) is 3.31. The summed E-state index contributed by atoms with van der Waals surface area (Å²) in [5.41, 5.74) is 0.0965. The van der Waals surface area contributed by atoms with Gasteiger partial charge < -0.3 is 9.40 Å². The lowest BCUT2D eigenvalue weighted by Crippen LogP contribution is -2.29. The highest BCUT2D eigenvalue weighted by Crippen LogP contribution is 2.27. The number of H-pyrrole nitrogens is 1. The van der Waals surface area contributed by atoms with Crippen LogP contribution < -0.4 is 10.5 Å². The van der Waals surface area contributed by atoms with Gasteiger partial charge in [0.25, 0.3) is 5.56 Å². The number of amides is 1. The number of aromatic nitrogens is 3. The van der Waals surface area contributed by atoms with E-state index in [-0.39, 0.29) is 18.0 Å². The van der Waals surface area contributed by atoms with Crippen LogP contribution in [0.5, 0.6) is 0 Å². The van der Waals surface area contributed by atoms with Crippen LogP contribution in [0.3, 0.4) is 0 Å². The van der Waals surface area contributed by atoms with Gasteiger partial charge in [-0.25, -0.2) is 4.98 Å². The Morgan fingerprint density at radius 3 is 3.04 bits per heavy atom. The summed E-state index contributed by atoms with van der Waals surface area (Å²) in [5, 5.41) is 0.460. The summed E-state index contributed by atoms with van der Waals surface area (Å²) in [7, 11) is 0. The third-order valence-corrected chi connectivity index (χ3v) is 4.42. The largest absolute Gasteiger partial charge is 0.467 e. The smallest absolute Gasteiger partial charge is 0.270 e. The van der Waals surface area contributed by atoms with E-state index in [1.165, 1.54) is 6.33 Å². The second kappa shape index (κ2) is 6.74. The van der Waals surface area contributed by atoms with Gasteiger partial charge in [-0.3, -0.25) is 14.5 Å². The van der Waals surface area contributed by atoms with Crippen molar-refractivity contribution < 1.29 is 9.21 Å². The van der Waals surface area contributed by atoms with Gasteiger partial charge in [0.15, 0.2) is 10.8 Å². The zero-order valence-electron chi connectivity index (χ0n) is 12.6. The zero-order valence-corrected chi connectivity index (χ0v) is 13.4. The maximum absolute atomic E-state index is 12.5. The summed E-state index contributed by atoms with van der Waals surface area (Å²) in [6.45, 7) is 2.32. The lowest BCUT2D eigenvalue weighted by Gasteiger charge is -2.18. The number of anilines is 1. The molecule has 0 atom stereocenters. The number of rotatable bonds is 6. The molecule has 3 rings (SSSR count). The molecule has 23 heavy (non-hydrogen) atoms. The van der Waals surface area contributed by atoms with Crippen molar-refractivity contribution in [1.82, 2.24) is 15.0 Å². The quantitative estimate of drug-likeness (QED) is 0.749. The Morgan fingerprint density at radius 2 is 2.35 bits per heavy atom. The van der Waals surface area contributed by atoms with Crippen molar-refractivity contribution in [3.05, 3.63) is 40.8 Å². The minimum absolute atomic E-state index is 0.0428. The van der Waals surface area contributed by atoms with Crippen molar-refractivity contribution >= 4 is 32.7 Å². The Labute approximate surface area is 136 Å². The molecule has 0 aliphatic heterocycles. The molecule has 0 aromatic carbocycles. The van der Waals surface area contributed by atoms with E-state index in [1.807, 2.05) is 6.92 Å². The molecule has 0 fully saturated rings. The zero-order chi connectivity index (χ0) is 16.2. The van der Waals surface area contributed by atoms with E-state index in [2.05, 4.69) is 15.0 Å². The lowest BCUT2D eigenvalue weighted by molar-refractivity contribution is -0.118. The van der Waals surface area contributed by atoms with E-state index in [0.29, 0.717) is 27.7 Å². The SMILES string of the molecule is CCCCC(=O)N(Cc1ccco1)c1nc2nc[nH]c(=O)c2s1. The fourth-order valence-electron chi connectivity index (χ4n) is 2.15. The van der Waals surface area contributed by atoms with Crippen LogP contribution in [0.4, 0.5) is 5.13 Å². The standard InChI is InChI=1S/C15H16N4O3S/c1-2-3-6-11(20)19(8-10-5-4-7-22-10)15-18-13-12(23-15)14(21)17-9-16-13/h4-5,7,9H,2-3,6,8H2,1H3,(H,16,17,21). The first-order valence-electron chi connectivity index (χ1n) is 7.36. The number of furan rings is 1. The number of thiazole rings is 1. The van der Waals surface area contributed by atoms with Crippen LogP contribution in [-0.2, 0) is 11.3 Å². The first kappa shape index (κ1) is 15.4. The maximum atomic E-state index is 12.5. The van der Waals surface area contributed by atoms with Crippen molar-refractivity contribution in [2.45, 2.75) is 32.7 Å². The Bertz CT molecular complexity index is 853. The highest BCUT2D eigenvalue weighted by atomic mass is 32.1. The Balaban J connectivity index is 1.96. The first-order valence-corrected chi connectivity index (χ1v) is 8.17. The normalized spacial score (nSPS) is 11.0. The number of nitrogens with zero attached hydrogens (tertiary/aromatic N) is 3. The Kier molecular flexibility index (Phi) is 4.52. The first-order chi connectivity index (χ1) is 11.2. The number of carbonyl (C=O) groups excluding carboxylic acids is 1. The van der Waals surface area contributed by atoms with Crippen LogP contribution in [0.2, 0.25) is 0 Å². The van der Waals surface area contributed by atoms with E-state index in [1.54, 1.807) is 23.3 Å². The van der Waals surface area contributed by atoms with Gasteiger partial charge in [0.1, 0.15) is 10.5 Å². The molecule has 0 aliphatic rings. The van der Waals surface area contributed by atoms with Gasteiger partial charge in [0, 0.05) is 6.42 Å². The van der Waals surface area contributed by atoms with Gasteiger partial charge >= 0.3 is 0 Å². The minimum Gasteiger partial charge on any atom is -0.467 e. The molecule has 0 radical (unpaired) electrons. The van der Waals surface area contributed by atoms with E-state index in [4.69, 9.17) is 4.42 Å². The number of nitrogens with one attached hydrogen (secondary N) is 1. The molecule has 0 bridgehead atoms. The summed E-state index contributed by atoms with van der Waals surface area (Å²) >= 11 is 1.16. The monoisotopic (exact) mass is 332 g/mol. The predicted octanol–water partition coefficient (Wildman–Crippen LogP) is 2.70. The molecule has 1 amide bonds. The predicted molar refractivity (Wildman–Crippen MR) is 87.5 cm³/mol. The van der Waals surface area contributed by atoms with E-state index >= 15 is 0 Å². The van der Waals surface area contributed by atoms with Crippen LogP contribution >= 0.6 is 11.3 Å². The number of hydrogen-bond donors (Lipinski definition) is 1. The molecule has 120 valence electrons. The Hall–Kier alpha value is -2.48. The van der Waals surface area contributed by atoms with Crippen LogP contribution in [0.15, 0.2) is 33.9 Å². The molecule has 3 aromatic heterocycles. The number of carbonyl (C=O) groups is 1. The number of aromatic amines is 1. The molecule has 3 aromatic rings. The highest BCUT2D eigenvalue weighted by molar-refractivity contribution is 7.22. The summed E-state index contributed by atoms with van der Waals surface area (Å²) < 4.78 is 5.75. The minimum atomic E-state index is -0.252. The van der Waals surface area contributed by atoms with Crippen LogP contribution in [0.1, 0.15) is 31.9 Å². The molecule has 1 N–H and O–H groups in total. The average molecular weight is 332 g/mol. The fourth-order valence-corrected chi connectivity index (χ4v) is 3.09. The van der Waals surface area contributed by atoms with Crippen molar-refractivity contribution in [3.63, 3.8) is 0 Å². The molecular weight excluding hydrogens is 316 g/mol. The van der Waals surface area contributed by atoms with E-state index in [9.17, 15) is 9.59 Å². The molecular formula is C15H16N4O3S. The molecule has 0 saturated carbocycles. The van der Waals surface area contributed by atoms with Gasteiger partial charge in [0.05, 0.1) is 19.1 Å². The van der Waals surface area contributed by atoms with Crippen LogP contribution in [0.25, 0.3) is 10.3 Å². The van der Waals surface area contributed by atoms with Gasteiger partial charge in [-0.15, -0.1) is 0 Å². The molecule has 0 aliphatic carbocycles. The molecule has 0 unspecified atom stereocenters. The van der Waals surface area contributed by atoms with Crippen LogP contribution in [-0.4, -0.2) is 20.9 Å². The highest BCUT2D eigenvalue weighted by Gasteiger charge is 2.21. The van der Waals surface area contributed by atoms with Gasteiger partial charge in [-0.2, -0.15) is 4.98 Å². The molecule has 8 heteroatoms. The maximum Gasteiger partial charge on any atom is 0.270 e. The molecule has 7 nitrogen and oxygen atoms in total. The van der Waals surface area contributed by atoms with Crippen molar-refractivity contribution in [1.29, 1.82) is 0 Å². The molecule has 3 heterocycles. The summed E-state index contributed by atoms with van der Waals surface area (Å²) in [4.78, 5) is 36.8. The van der Waals surface area contributed by atoms with Crippen LogP contribution in [0, 0.1) is 0 Å². The Morgan fingerprint density at radius 1 is 1.48 bits per heavy atom. The van der Waals surface area contributed by atoms with Gasteiger partial charge in [-0.1, -0.05) is 24.7 Å². The number of unbranched alkanes of at least 4 members (excludes halogenated alkanes) is 1. The second-order valence-corrected chi connectivity index (χ2v) is 6.02. The number of hydrogen-bond acceptors (Lipinski definition) is 6. The van der Waals surface area contributed by atoms with Crippen molar-refractivity contribution in [2.75, 3.05) is 4.90 Å². The second-order valence-electron chi connectivity index (χ2n) is 5.04. The van der Waals surface area contributed by atoms with Crippen molar-refractivity contribution in [3.8, 4) is 0 Å². The fraction of sp³-hybridized carbons (Fsp3) is 0.333. The number of fused-ring (bicyclic) bond motifs is 1. The average Bonchev–Trinajstić information content (AvgIpc) is 3.20. The molecule has 0 spiro atoms. The topological polar surface area (TPSA) is 92.1 Å². The third-order valence-electron chi connectivity index (χ3n) is 3.36. The molecule has 0 saturated heterocycles. The summed E-state index contributed by atoms with van der Waals surface area (Å²) in [6, 6.07) is 3.58. The summed E-state index contributed by atoms with van der Waals surface area (Å²) in [5.74, 6) is 0.620. The van der Waals surface area contributed by atoms with E-state index in [0.717, 1.165) is 24.2 Å². The summed E-state index contributed by atoms with van der Waals surface area (Å²) in [6.07, 6.45) is 5.04. The van der Waals surface area contributed by atoms with Gasteiger partial charge in [-0.05, 0) is 18.6 Å². The van der Waals surface area contributed by atoms with E-state index < -0.39 is 0 Å². The van der Waals surface area contributed by atoms with Gasteiger partial charge in [0.2, 0.25) is 5.91 Å².